The van der Waals surface area contributed by atoms with Crippen LogP contribution in [-0.4, -0.2) is 41.2 Å². The third-order valence-electron chi connectivity index (χ3n) is 3.01. The van der Waals surface area contributed by atoms with Crippen molar-refractivity contribution < 1.29 is 19.5 Å². The molecule has 100 valence electrons. The highest BCUT2D eigenvalue weighted by Gasteiger charge is 2.38. The van der Waals surface area contributed by atoms with E-state index in [1.165, 1.54) is 0 Å². The number of nitrogens with zero attached hydrogens (tertiary/aromatic N) is 1. The third-order valence-corrected chi connectivity index (χ3v) is 3.73. The Hall–Kier alpha value is -1.08. The highest BCUT2D eigenvalue weighted by molar-refractivity contribution is 9.11. The SMILES string of the molecule is O=C(O)C(ONC(=O)N1CC=C(Br)CC1)C1CC1. The second-order valence-electron chi connectivity index (χ2n) is 4.47. The molecule has 7 heteroatoms. The van der Waals surface area contributed by atoms with Crippen LogP contribution >= 0.6 is 15.9 Å². The minimum Gasteiger partial charge on any atom is -0.479 e. The van der Waals surface area contributed by atoms with Gasteiger partial charge < -0.3 is 10.0 Å². The van der Waals surface area contributed by atoms with Crippen LogP contribution in [0.3, 0.4) is 0 Å². The van der Waals surface area contributed by atoms with Crippen LogP contribution in [0.1, 0.15) is 19.3 Å². The number of hydrogen-bond donors (Lipinski definition) is 2. The summed E-state index contributed by atoms with van der Waals surface area (Å²) in [5.41, 5.74) is 2.23. The number of rotatable bonds is 4. The van der Waals surface area contributed by atoms with Gasteiger partial charge in [0.2, 0.25) is 0 Å². The predicted octanol–water partition coefficient (Wildman–Crippen LogP) is 1.48. The summed E-state index contributed by atoms with van der Waals surface area (Å²) in [6.07, 6.45) is 3.41. The van der Waals surface area contributed by atoms with E-state index < -0.39 is 18.1 Å². The molecule has 1 heterocycles. The van der Waals surface area contributed by atoms with Gasteiger partial charge in [0.05, 0.1) is 0 Å². The van der Waals surface area contributed by atoms with Gasteiger partial charge in [-0.15, -0.1) is 0 Å². The van der Waals surface area contributed by atoms with Gasteiger partial charge in [0.1, 0.15) is 0 Å². The number of halogens is 1. The summed E-state index contributed by atoms with van der Waals surface area (Å²) in [7, 11) is 0. The van der Waals surface area contributed by atoms with E-state index in [0.717, 1.165) is 23.7 Å². The van der Waals surface area contributed by atoms with Crippen molar-refractivity contribution in [1.82, 2.24) is 10.4 Å². The van der Waals surface area contributed by atoms with Gasteiger partial charge >= 0.3 is 12.0 Å². The fourth-order valence-corrected chi connectivity index (χ4v) is 2.08. The molecule has 0 saturated heterocycles. The Morgan fingerprint density at radius 3 is 2.78 bits per heavy atom. The highest BCUT2D eigenvalue weighted by atomic mass is 79.9. The molecule has 0 bridgehead atoms. The molecule has 1 unspecified atom stereocenters. The lowest BCUT2D eigenvalue weighted by Gasteiger charge is -2.25. The second-order valence-corrected chi connectivity index (χ2v) is 5.49. The maximum atomic E-state index is 11.7. The molecule has 1 saturated carbocycles. The lowest BCUT2D eigenvalue weighted by molar-refractivity contribution is -0.156. The van der Waals surface area contributed by atoms with Gasteiger partial charge in [-0.1, -0.05) is 22.0 Å². The highest BCUT2D eigenvalue weighted by Crippen LogP contribution is 2.34. The van der Waals surface area contributed by atoms with E-state index in [4.69, 9.17) is 9.94 Å². The first-order valence-corrected chi connectivity index (χ1v) is 6.65. The summed E-state index contributed by atoms with van der Waals surface area (Å²) in [5.74, 6) is -1.00. The van der Waals surface area contributed by atoms with Gasteiger partial charge in [0.25, 0.3) is 0 Å². The van der Waals surface area contributed by atoms with Crippen LogP contribution in [-0.2, 0) is 9.63 Å². The summed E-state index contributed by atoms with van der Waals surface area (Å²) in [4.78, 5) is 29.2. The summed E-state index contributed by atoms with van der Waals surface area (Å²) < 4.78 is 1.08. The van der Waals surface area contributed by atoms with Crippen LogP contribution in [0.25, 0.3) is 0 Å². The van der Waals surface area contributed by atoms with E-state index in [1.54, 1.807) is 4.90 Å². The zero-order valence-corrected chi connectivity index (χ0v) is 11.4. The van der Waals surface area contributed by atoms with Crippen molar-refractivity contribution in [2.45, 2.75) is 25.4 Å². The number of nitrogens with one attached hydrogen (secondary N) is 1. The number of urea groups is 1. The Bertz CT molecular complexity index is 381. The molecule has 0 aromatic carbocycles. The average Bonchev–Trinajstić information content (AvgIpc) is 3.14. The predicted molar refractivity (Wildman–Crippen MR) is 67.0 cm³/mol. The first-order valence-electron chi connectivity index (χ1n) is 5.86. The van der Waals surface area contributed by atoms with Gasteiger partial charge in [-0.25, -0.2) is 15.1 Å². The molecule has 6 nitrogen and oxygen atoms in total. The Morgan fingerprint density at radius 1 is 1.56 bits per heavy atom. The number of hydrogen-bond acceptors (Lipinski definition) is 3. The van der Waals surface area contributed by atoms with Crippen molar-refractivity contribution in [3.8, 4) is 0 Å². The Kier molecular flexibility index (Phi) is 4.23. The maximum Gasteiger partial charge on any atom is 0.341 e. The summed E-state index contributed by atoms with van der Waals surface area (Å²) in [5, 5.41) is 8.94. The van der Waals surface area contributed by atoms with Gasteiger partial charge in [-0.2, -0.15) is 0 Å². The van der Waals surface area contributed by atoms with Crippen LogP contribution in [0.5, 0.6) is 0 Å². The van der Waals surface area contributed by atoms with Crippen molar-refractivity contribution in [2.75, 3.05) is 13.1 Å². The normalized spacial score (nSPS) is 21.2. The number of carboxylic acids is 1. The fraction of sp³-hybridized carbons (Fsp3) is 0.636. The molecule has 0 aromatic heterocycles. The number of carbonyl (C=O) groups is 2. The van der Waals surface area contributed by atoms with Crippen molar-refractivity contribution >= 4 is 27.9 Å². The lowest BCUT2D eigenvalue weighted by atomic mass is 10.2. The molecular formula is C11H15BrN2O4. The molecule has 1 aliphatic heterocycles. The largest absolute Gasteiger partial charge is 0.479 e. The zero-order chi connectivity index (χ0) is 13.1. The van der Waals surface area contributed by atoms with Crippen molar-refractivity contribution in [2.24, 2.45) is 5.92 Å². The minimum absolute atomic E-state index is 0.0261. The van der Waals surface area contributed by atoms with Crippen LogP contribution in [0, 0.1) is 5.92 Å². The van der Waals surface area contributed by atoms with Gasteiger partial charge in [-0.05, 0) is 29.7 Å². The van der Waals surface area contributed by atoms with Crippen molar-refractivity contribution in [3.63, 3.8) is 0 Å². The molecule has 2 N–H and O–H groups in total. The van der Waals surface area contributed by atoms with Crippen molar-refractivity contribution in [1.29, 1.82) is 0 Å². The molecule has 2 aliphatic rings. The molecule has 2 rings (SSSR count). The number of aliphatic carboxylic acids is 1. The number of hydroxylamine groups is 1. The topological polar surface area (TPSA) is 78.9 Å². The molecule has 0 spiro atoms. The number of carboxylic acid groups (broad SMARTS) is 1. The third kappa shape index (κ3) is 3.46. The molecule has 2 amide bonds. The standard InChI is InChI=1S/C11H15BrN2O4/c12-8-3-5-14(6-4-8)11(17)13-18-9(10(15)16)7-1-2-7/h3,7,9H,1-2,4-6H2,(H,13,17)(H,15,16). The van der Waals surface area contributed by atoms with E-state index >= 15 is 0 Å². The smallest absolute Gasteiger partial charge is 0.341 e. The minimum atomic E-state index is -1.03. The van der Waals surface area contributed by atoms with E-state index in [9.17, 15) is 9.59 Å². The zero-order valence-electron chi connectivity index (χ0n) is 9.76. The van der Waals surface area contributed by atoms with E-state index in [2.05, 4.69) is 21.4 Å². The average molecular weight is 319 g/mol. The van der Waals surface area contributed by atoms with Crippen LogP contribution < -0.4 is 5.48 Å². The molecule has 1 fully saturated rings. The first-order chi connectivity index (χ1) is 8.58. The molecular weight excluding hydrogens is 304 g/mol. The molecule has 1 aliphatic carbocycles. The fourth-order valence-electron chi connectivity index (χ4n) is 1.75. The van der Waals surface area contributed by atoms with E-state index in [-0.39, 0.29) is 5.92 Å². The summed E-state index contributed by atoms with van der Waals surface area (Å²) >= 11 is 3.37. The van der Waals surface area contributed by atoms with Crippen LogP contribution in [0.4, 0.5) is 4.79 Å². The van der Waals surface area contributed by atoms with E-state index in [1.807, 2.05) is 6.08 Å². The van der Waals surface area contributed by atoms with Gasteiger partial charge in [-0.3, -0.25) is 4.84 Å². The van der Waals surface area contributed by atoms with Crippen LogP contribution in [0.2, 0.25) is 0 Å². The maximum absolute atomic E-state index is 11.7. The quantitative estimate of drug-likeness (QED) is 0.769. The van der Waals surface area contributed by atoms with E-state index in [0.29, 0.717) is 13.1 Å². The van der Waals surface area contributed by atoms with Crippen molar-refractivity contribution in [3.05, 3.63) is 10.6 Å². The first kappa shape index (κ1) is 13.4. The lowest BCUT2D eigenvalue weighted by Crippen LogP contribution is -2.45. The summed E-state index contributed by atoms with van der Waals surface area (Å²) in [6.45, 7) is 1.09. The monoisotopic (exact) mass is 318 g/mol. The Balaban J connectivity index is 1.79. The summed E-state index contributed by atoms with van der Waals surface area (Å²) in [6, 6.07) is -0.391. The van der Waals surface area contributed by atoms with Gasteiger partial charge in [0, 0.05) is 13.1 Å². The Labute approximate surface area is 113 Å². The molecule has 18 heavy (non-hydrogen) atoms. The van der Waals surface area contributed by atoms with Crippen LogP contribution in [0.15, 0.2) is 10.6 Å². The number of carbonyl (C=O) groups excluding carboxylic acids is 1. The number of amides is 2. The molecule has 0 radical (unpaired) electrons. The Morgan fingerprint density at radius 2 is 2.28 bits per heavy atom. The second kappa shape index (κ2) is 5.71. The molecule has 1 atom stereocenters. The molecule has 0 aromatic rings. The van der Waals surface area contributed by atoms with Gasteiger partial charge in [0.15, 0.2) is 6.10 Å².